The molecule has 7 nitrogen and oxygen atoms in total. The second-order valence-electron chi connectivity index (χ2n) is 6.84. The molecule has 0 saturated carbocycles. The highest BCUT2D eigenvalue weighted by Crippen LogP contribution is 2.23. The van der Waals surface area contributed by atoms with Crippen molar-refractivity contribution in [3.63, 3.8) is 0 Å². The zero-order valence-electron chi connectivity index (χ0n) is 14.0. The fourth-order valence-electron chi connectivity index (χ4n) is 2.46. The minimum absolute atomic E-state index is 0.388. The molecule has 22 heavy (non-hydrogen) atoms. The Bertz CT molecular complexity index is 509. The van der Waals surface area contributed by atoms with Crippen molar-refractivity contribution in [2.75, 3.05) is 11.4 Å². The molecule has 2 atom stereocenters. The minimum atomic E-state index is -0.535. The van der Waals surface area contributed by atoms with E-state index in [4.69, 9.17) is 9.26 Å². The van der Waals surface area contributed by atoms with E-state index < -0.39 is 17.7 Å². The summed E-state index contributed by atoms with van der Waals surface area (Å²) in [5, 5.41) is 6.75. The highest BCUT2D eigenvalue weighted by molar-refractivity contribution is 5.68. The zero-order valence-corrected chi connectivity index (χ0v) is 14.0. The van der Waals surface area contributed by atoms with E-state index in [0.717, 1.165) is 19.4 Å². The van der Waals surface area contributed by atoms with Gasteiger partial charge in [-0.15, -0.1) is 0 Å². The Labute approximate surface area is 131 Å². The second-order valence-corrected chi connectivity index (χ2v) is 6.84. The van der Waals surface area contributed by atoms with Crippen LogP contribution in [0.2, 0.25) is 0 Å². The Morgan fingerprint density at radius 1 is 1.45 bits per heavy atom. The molecule has 1 fully saturated rings. The molecular weight excluding hydrogens is 284 g/mol. The van der Waals surface area contributed by atoms with Crippen LogP contribution in [0.1, 0.15) is 65.8 Å². The molecule has 1 amide bonds. The van der Waals surface area contributed by atoms with Crippen LogP contribution in [-0.4, -0.2) is 34.4 Å². The number of hydrogen-bond acceptors (Lipinski definition) is 6. The number of carbonyl (C=O) groups excluding carboxylic acids is 1. The van der Waals surface area contributed by atoms with Crippen molar-refractivity contribution in [1.82, 2.24) is 15.5 Å². The first-order valence-corrected chi connectivity index (χ1v) is 7.86. The van der Waals surface area contributed by atoms with Crippen LogP contribution in [0, 0.1) is 0 Å². The Morgan fingerprint density at radius 2 is 2.18 bits per heavy atom. The molecule has 0 spiro atoms. The van der Waals surface area contributed by atoms with E-state index in [9.17, 15) is 4.79 Å². The van der Waals surface area contributed by atoms with Gasteiger partial charge in [-0.05, 0) is 59.0 Å². The van der Waals surface area contributed by atoms with Gasteiger partial charge in [-0.25, -0.2) is 4.79 Å². The number of hydrogen-bond donors (Lipinski definition) is 1. The van der Waals surface area contributed by atoms with Gasteiger partial charge in [0.15, 0.2) is 0 Å². The molecule has 124 valence electrons. The first kappa shape index (κ1) is 16.6. The highest BCUT2D eigenvalue weighted by Gasteiger charge is 2.25. The molecule has 1 saturated heterocycles. The van der Waals surface area contributed by atoms with E-state index in [2.05, 4.69) is 27.3 Å². The molecule has 1 aliphatic heterocycles. The predicted molar refractivity (Wildman–Crippen MR) is 82.7 cm³/mol. The normalized spacial score (nSPS) is 20.6. The molecule has 0 unspecified atom stereocenters. The van der Waals surface area contributed by atoms with E-state index in [1.807, 2.05) is 20.8 Å². The molecule has 2 rings (SSSR count). The van der Waals surface area contributed by atoms with E-state index in [0.29, 0.717) is 17.9 Å². The minimum Gasteiger partial charge on any atom is -0.444 e. The number of amides is 1. The van der Waals surface area contributed by atoms with Crippen molar-refractivity contribution in [2.45, 2.75) is 71.6 Å². The number of nitrogens with zero attached hydrogens (tertiary/aromatic N) is 3. The van der Waals surface area contributed by atoms with Gasteiger partial charge in [-0.3, -0.25) is 0 Å². The molecule has 0 aliphatic carbocycles. The van der Waals surface area contributed by atoms with Crippen molar-refractivity contribution in [3.05, 3.63) is 5.89 Å². The molecule has 1 aromatic rings. The fourth-order valence-corrected chi connectivity index (χ4v) is 2.46. The van der Waals surface area contributed by atoms with Crippen molar-refractivity contribution >= 4 is 12.0 Å². The summed E-state index contributed by atoms with van der Waals surface area (Å²) >= 11 is 0. The van der Waals surface area contributed by atoms with Gasteiger partial charge in [0.25, 0.3) is 11.8 Å². The first-order valence-electron chi connectivity index (χ1n) is 7.86. The molecule has 0 radical (unpaired) electrons. The monoisotopic (exact) mass is 310 g/mol. The molecule has 0 aromatic carbocycles. The van der Waals surface area contributed by atoms with Crippen LogP contribution in [-0.2, 0) is 4.74 Å². The summed E-state index contributed by atoms with van der Waals surface area (Å²) in [4.78, 5) is 18.3. The summed E-state index contributed by atoms with van der Waals surface area (Å²) in [5.74, 6) is 0.985. The largest absolute Gasteiger partial charge is 0.444 e. The number of nitrogens with one attached hydrogen (secondary N) is 1. The van der Waals surface area contributed by atoms with Gasteiger partial charge in [0.05, 0.1) is 0 Å². The van der Waals surface area contributed by atoms with Crippen molar-refractivity contribution in [1.29, 1.82) is 0 Å². The van der Waals surface area contributed by atoms with Crippen LogP contribution in [0.5, 0.6) is 0 Å². The number of rotatable bonds is 3. The highest BCUT2D eigenvalue weighted by atomic mass is 16.6. The van der Waals surface area contributed by atoms with Crippen LogP contribution < -0.4 is 10.2 Å². The fraction of sp³-hybridized carbons (Fsp3) is 0.800. The average molecular weight is 310 g/mol. The molecule has 0 bridgehead atoms. The van der Waals surface area contributed by atoms with Crippen LogP contribution in [0.3, 0.4) is 0 Å². The zero-order chi connectivity index (χ0) is 16.3. The van der Waals surface area contributed by atoms with Gasteiger partial charge in [0.1, 0.15) is 11.6 Å². The molecule has 7 heteroatoms. The number of piperidine rings is 1. The lowest BCUT2D eigenvalue weighted by atomic mass is 10.0. The topological polar surface area (TPSA) is 80.5 Å². The third kappa shape index (κ3) is 4.35. The quantitative estimate of drug-likeness (QED) is 0.924. The van der Waals surface area contributed by atoms with Crippen molar-refractivity contribution in [2.24, 2.45) is 0 Å². The molecule has 1 aromatic heterocycles. The lowest BCUT2D eigenvalue weighted by Crippen LogP contribution is -2.38. The lowest BCUT2D eigenvalue weighted by molar-refractivity contribution is 0.0499. The number of ether oxygens (including phenoxy) is 1. The molecule has 1 aliphatic rings. The summed E-state index contributed by atoms with van der Waals surface area (Å²) in [6.07, 6.45) is 3.01. The Balaban J connectivity index is 1.97. The summed E-state index contributed by atoms with van der Waals surface area (Å²) in [7, 11) is 0. The van der Waals surface area contributed by atoms with Gasteiger partial charge >= 0.3 is 6.09 Å². The molecular formula is C15H26N4O3. The maximum atomic E-state index is 11.8. The first-order chi connectivity index (χ1) is 10.3. The number of anilines is 1. The van der Waals surface area contributed by atoms with Gasteiger partial charge in [-0.1, -0.05) is 0 Å². The van der Waals surface area contributed by atoms with Crippen LogP contribution in [0.25, 0.3) is 0 Å². The Kier molecular flexibility index (Phi) is 4.93. The third-order valence-corrected chi connectivity index (χ3v) is 3.59. The SMILES string of the molecule is C[C@H](NC(=O)OC(C)(C)C)c1nc(N2CCCC[C@H]2C)no1. The van der Waals surface area contributed by atoms with Crippen molar-refractivity contribution < 1.29 is 14.1 Å². The van der Waals surface area contributed by atoms with Gasteiger partial charge in [0.2, 0.25) is 0 Å². The smallest absolute Gasteiger partial charge is 0.408 e. The number of aromatic nitrogens is 2. The number of alkyl carbamates (subject to hydrolysis) is 1. The van der Waals surface area contributed by atoms with E-state index >= 15 is 0 Å². The summed E-state index contributed by atoms with van der Waals surface area (Å²) in [6.45, 7) is 10.4. The maximum Gasteiger partial charge on any atom is 0.408 e. The summed E-state index contributed by atoms with van der Waals surface area (Å²) in [6, 6.07) is 0.0181. The average Bonchev–Trinajstić information content (AvgIpc) is 2.86. The van der Waals surface area contributed by atoms with Crippen LogP contribution in [0.4, 0.5) is 10.7 Å². The van der Waals surface area contributed by atoms with Crippen LogP contribution >= 0.6 is 0 Å². The van der Waals surface area contributed by atoms with Gasteiger partial charge in [0, 0.05) is 12.6 Å². The van der Waals surface area contributed by atoms with Gasteiger partial charge in [-0.2, -0.15) is 4.98 Å². The predicted octanol–water partition coefficient (Wildman–Crippen LogP) is 3.03. The molecule has 1 N–H and O–H groups in total. The van der Waals surface area contributed by atoms with Crippen molar-refractivity contribution in [3.8, 4) is 0 Å². The molecule has 2 heterocycles. The summed E-state index contributed by atoms with van der Waals surface area (Å²) < 4.78 is 10.5. The Hall–Kier alpha value is -1.79. The van der Waals surface area contributed by atoms with Crippen LogP contribution in [0.15, 0.2) is 4.52 Å². The van der Waals surface area contributed by atoms with E-state index in [1.54, 1.807) is 6.92 Å². The summed E-state index contributed by atoms with van der Waals surface area (Å²) in [5.41, 5.74) is -0.535. The number of carbonyl (C=O) groups is 1. The standard InChI is InChI=1S/C15H26N4O3/c1-10-8-6-7-9-19(10)13-17-12(22-18-13)11(2)16-14(20)21-15(3,4)5/h10-11H,6-9H2,1-5H3,(H,16,20)/t10-,11+/m1/s1. The van der Waals surface area contributed by atoms with E-state index in [1.165, 1.54) is 6.42 Å². The third-order valence-electron chi connectivity index (χ3n) is 3.59. The lowest BCUT2D eigenvalue weighted by Gasteiger charge is -2.31. The van der Waals surface area contributed by atoms with Gasteiger partial charge < -0.3 is 19.5 Å². The Morgan fingerprint density at radius 3 is 2.82 bits per heavy atom. The second kappa shape index (κ2) is 6.54. The van der Waals surface area contributed by atoms with E-state index in [-0.39, 0.29) is 0 Å². The maximum absolute atomic E-state index is 11.8.